The van der Waals surface area contributed by atoms with E-state index in [-0.39, 0.29) is 5.91 Å². The van der Waals surface area contributed by atoms with Crippen LogP contribution in [-0.4, -0.2) is 28.6 Å². The third kappa shape index (κ3) is 5.06. The predicted molar refractivity (Wildman–Crippen MR) is 121 cm³/mol. The van der Waals surface area contributed by atoms with Crippen LogP contribution in [-0.2, 0) is 16.0 Å². The minimum Gasteiger partial charge on any atom is -0.492 e. The van der Waals surface area contributed by atoms with Gasteiger partial charge in [0.25, 0.3) is 0 Å². The Kier molecular flexibility index (Phi) is 6.97. The Hall–Kier alpha value is -3.45. The third-order valence-electron chi connectivity index (χ3n) is 6.03. The van der Waals surface area contributed by atoms with E-state index in [9.17, 15) is 9.59 Å². The molecule has 32 heavy (non-hydrogen) atoms. The Labute approximate surface area is 186 Å². The van der Waals surface area contributed by atoms with Gasteiger partial charge >= 0.3 is 0 Å². The smallest absolute Gasteiger partial charge is 0.247 e. The van der Waals surface area contributed by atoms with E-state index >= 15 is 0 Å². The number of ether oxygens (including phenoxy) is 1. The van der Waals surface area contributed by atoms with Crippen LogP contribution in [0.1, 0.15) is 31.2 Å². The standard InChI is InChI=1S/C25H27N3O4/c29-24(19-5-1-2-6-20(19)25(30)28-31)27-18-11-9-17(10-12-18)14-16-32-23-13-15-26-22-8-4-3-7-21(22)23/h3-4,7-13,15,19-20,31H,1-2,5-6,14,16H2,(H,27,29)(H,28,30)/t19-,20-/m1/s1. The van der Waals surface area contributed by atoms with E-state index in [2.05, 4.69) is 10.3 Å². The molecule has 7 nitrogen and oxygen atoms in total. The molecule has 166 valence electrons. The van der Waals surface area contributed by atoms with Crippen molar-refractivity contribution in [3.63, 3.8) is 0 Å². The number of carbonyl (C=O) groups is 2. The Morgan fingerprint density at radius 1 is 0.969 bits per heavy atom. The molecule has 0 unspecified atom stereocenters. The minimum atomic E-state index is -0.491. The summed E-state index contributed by atoms with van der Waals surface area (Å²) >= 11 is 0. The van der Waals surface area contributed by atoms with Gasteiger partial charge in [0.05, 0.1) is 18.0 Å². The van der Waals surface area contributed by atoms with E-state index in [4.69, 9.17) is 9.94 Å². The SMILES string of the molecule is O=C(NO)[C@@H]1CCCC[C@H]1C(=O)Nc1ccc(CCOc2ccnc3ccccc23)cc1. The summed E-state index contributed by atoms with van der Waals surface area (Å²) in [4.78, 5) is 29.0. The van der Waals surface area contributed by atoms with Crippen molar-refractivity contribution in [1.29, 1.82) is 0 Å². The van der Waals surface area contributed by atoms with Crippen LogP contribution >= 0.6 is 0 Å². The van der Waals surface area contributed by atoms with Crippen LogP contribution in [0.2, 0.25) is 0 Å². The van der Waals surface area contributed by atoms with E-state index < -0.39 is 17.7 Å². The molecule has 2 atom stereocenters. The summed E-state index contributed by atoms with van der Waals surface area (Å²) < 4.78 is 5.97. The second-order valence-electron chi connectivity index (χ2n) is 8.08. The number of para-hydroxylation sites is 1. The number of rotatable bonds is 7. The number of carbonyl (C=O) groups excluding carboxylic acids is 2. The Morgan fingerprint density at radius 2 is 1.69 bits per heavy atom. The van der Waals surface area contributed by atoms with Crippen molar-refractivity contribution in [3.05, 3.63) is 66.4 Å². The van der Waals surface area contributed by atoms with Crippen LogP contribution in [0.3, 0.4) is 0 Å². The van der Waals surface area contributed by atoms with E-state index in [1.807, 2.05) is 54.6 Å². The fourth-order valence-electron chi connectivity index (χ4n) is 4.31. The first-order chi connectivity index (χ1) is 15.7. The van der Waals surface area contributed by atoms with Crippen molar-refractivity contribution in [2.24, 2.45) is 11.8 Å². The lowest BCUT2D eigenvalue weighted by molar-refractivity contribution is -0.140. The highest BCUT2D eigenvalue weighted by atomic mass is 16.5. The highest BCUT2D eigenvalue weighted by Crippen LogP contribution is 2.31. The van der Waals surface area contributed by atoms with Crippen molar-refractivity contribution in [1.82, 2.24) is 10.5 Å². The highest BCUT2D eigenvalue weighted by Gasteiger charge is 2.35. The largest absolute Gasteiger partial charge is 0.492 e. The Bertz CT molecular complexity index is 1080. The molecule has 3 aromatic rings. The summed E-state index contributed by atoms with van der Waals surface area (Å²) in [5.74, 6) is -0.775. The van der Waals surface area contributed by atoms with Gasteiger partial charge < -0.3 is 10.1 Å². The van der Waals surface area contributed by atoms with Crippen molar-refractivity contribution in [2.45, 2.75) is 32.1 Å². The summed E-state index contributed by atoms with van der Waals surface area (Å²) in [5.41, 5.74) is 4.38. The molecule has 3 N–H and O–H groups in total. The number of amides is 2. The number of hydrogen-bond acceptors (Lipinski definition) is 5. The number of nitrogens with one attached hydrogen (secondary N) is 2. The number of nitrogens with zero attached hydrogens (tertiary/aromatic N) is 1. The van der Waals surface area contributed by atoms with Crippen LogP contribution < -0.4 is 15.5 Å². The minimum absolute atomic E-state index is 0.182. The van der Waals surface area contributed by atoms with Gasteiger partial charge in [0.1, 0.15) is 5.75 Å². The van der Waals surface area contributed by atoms with E-state index in [1.54, 1.807) is 11.7 Å². The maximum Gasteiger partial charge on any atom is 0.247 e. The first-order valence-corrected chi connectivity index (χ1v) is 11.0. The summed E-state index contributed by atoms with van der Waals surface area (Å²) in [7, 11) is 0. The molecule has 0 spiro atoms. The van der Waals surface area contributed by atoms with Crippen LogP contribution in [0.25, 0.3) is 10.9 Å². The summed E-state index contributed by atoms with van der Waals surface area (Å²) in [6.07, 6.45) is 5.51. The molecule has 1 fully saturated rings. The molecule has 1 saturated carbocycles. The van der Waals surface area contributed by atoms with Gasteiger partial charge in [-0.3, -0.25) is 19.8 Å². The summed E-state index contributed by atoms with van der Waals surface area (Å²) in [6, 6.07) is 17.4. The topological polar surface area (TPSA) is 101 Å². The third-order valence-corrected chi connectivity index (χ3v) is 6.03. The zero-order valence-electron chi connectivity index (χ0n) is 17.8. The summed E-state index contributed by atoms with van der Waals surface area (Å²) in [6.45, 7) is 0.528. The molecular weight excluding hydrogens is 406 g/mol. The van der Waals surface area contributed by atoms with Crippen molar-refractivity contribution in [2.75, 3.05) is 11.9 Å². The van der Waals surface area contributed by atoms with E-state index in [1.165, 1.54) is 0 Å². The molecule has 7 heteroatoms. The zero-order valence-corrected chi connectivity index (χ0v) is 17.8. The van der Waals surface area contributed by atoms with Crippen molar-refractivity contribution in [3.8, 4) is 5.75 Å². The van der Waals surface area contributed by atoms with E-state index in [0.29, 0.717) is 25.1 Å². The molecule has 0 radical (unpaired) electrons. The van der Waals surface area contributed by atoms with Gasteiger partial charge in [0.15, 0.2) is 0 Å². The number of hydroxylamine groups is 1. The molecule has 2 amide bonds. The lowest BCUT2D eigenvalue weighted by Crippen LogP contribution is -2.40. The number of fused-ring (bicyclic) bond motifs is 1. The second-order valence-corrected chi connectivity index (χ2v) is 8.08. The average molecular weight is 434 g/mol. The number of hydrogen-bond donors (Lipinski definition) is 3. The van der Waals surface area contributed by atoms with Gasteiger partial charge in [-0.1, -0.05) is 37.1 Å². The van der Waals surface area contributed by atoms with Gasteiger partial charge in [-0.05, 0) is 48.7 Å². The molecule has 1 aliphatic carbocycles. The monoisotopic (exact) mass is 433 g/mol. The fourth-order valence-corrected chi connectivity index (χ4v) is 4.31. The quantitative estimate of drug-likeness (QED) is 0.385. The molecule has 0 saturated heterocycles. The predicted octanol–water partition coefficient (Wildman–Crippen LogP) is 4.11. The average Bonchev–Trinajstić information content (AvgIpc) is 2.84. The normalized spacial score (nSPS) is 18.2. The van der Waals surface area contributed by atoms with Gasteiger partial charge in [0.2, 0.25) is 11.8 Å². The van der Waals surface area contributed by atoms with Crippen molar-refractivity contribution < 1.29 is 19.5 Å². The molecule has 1 heterocycles. The van der Waals surface area contributed by atoms with Gasteiger partial charge in [-0.2, -0.15) is 0 Å². The number of aromatic nitrogens is 1. The maximum absolute atomic E-state index is 12.7. The lowest BCUT2D eigenvalue weighted by Gasteiger charge is -2.28. The number of anilines is 1. The van der Waals surface area contributed by atoms with Crippen LogP contribution in [0, 0.1) is 11.8 Å². The Morgan fingerprint density at radius 3 is 2.44 bits per heavy atom. The van der Waals surface area contributed by atoms with Crippen LogP contribution in [0.5, 0.6) is 5.75 Å². The molecule has 0 bridgehead atoms. The zero-order chi connectivity index (χ0) is 22.3. The van der Waals surface area contributed by atoms with Crippen LogP contribution in [0.4, 0.5) is 5.69 Å². The highest BCUT2D eigenvalue weighted by molar-refractivity contribution is 5.96. The maximum atomic E-state index is 12.7. The van der Waals surface area contributed by atoms with Gasteiger partial charge in [-0.25, -0.2) is 5.48 Å². The Balaban J connectivity index is 1.32. The molecule has 0 aliphatic heterocycles. The number of pyridine rings is 1. The second kappa shape index (κ2) is 10.2. The number of benzene rings is 2. The summed E-state index contributed by atoms with van der Waals surface area (Å²) in [5, 5.41) is 12.9. The molecule has 1 aliphatic rings. The first-order valence-electron chi connectivity index (χ1n) is 11.0. The fraction of sp³-hybridized carbons (Fsp3) is 0.320. The first kappa shape index (κ1) is 21.8. The molecule has 4 rings (SSSR count). The van der Waals surface area contributed by atoms with Gasteiger partial charge in [0, 0.05) is 29.6 Å². The van der Waals surface area contributed by atoms with Crippen molar-refractivity contribution >= 4 is 28.4 Å². The van der Waals surface area contributed by atoms with E-state index in [0.717, 1.165) is 41.5 Å². The molecular formula is C25H27N3O4. The molecule has 1 aromatic heterocycles. The van der Waals surface area contributed by atoms with Gasteiger partial charge in [-0.15, -0.1) is 0 Å². The molecule has 2 aromatic carbocycles. The lowest BCUT2D eigenvalue weighted by atomic mass is 9.78. The van der Waals surface area contributed by atoms with Crippen LogP contribution in [0.15, 0.2) is 60.8 Å².